The van der Waals surface area contributed by atoms with E-state index in [2.05, 4.69) is 33.1 Å². The predicted octanol–water partition coefficient (Wildman–Crippen LogP) is 3.89. The van der Waals surface area contributed by atoms with Gasteiger partial charge in [-0.1, -0.05) is 47.5 Å². The molecule has 0 spiro atoms. The van der Waals surface area contributed by atoms with Gasteiger partial charge < -0.3 is 15.5 Å². The molecular formula is C29H39ClN4O3S. The predicted molar refractivity (Wildman–Crippen MR) is 155 cm³/mol. The number of nitrogens with one attached hydrogen (secondary N) is 2. The average molecular weight is 559 g/mol. The van der Waals surface area contributed by atoms with Gasteiger partial charge in [0, 0.05) is 44.0 Å². The summed E-state index contributed by atoms with van der Waals surface area (Å²) < 4.78 is 14.5. The maximum absolute atomic E-state index is 12.5. The summed E-state index contributed by atoms with van der Waals surface area (Å²) in [5, 5.41) is 6.64. The van der Waals surface area contributed by atoms with Crippen molar-refractivity contribution in [1.82, 2.24) is 15.5 Å². The molecule has 0 aromatic heterocycles. The van der Waals surface area contributed by atoms with E-state index < -0.39 is 11.0 Å². The summed E-state index contributed by atoms with van der Waals surface area (Å²) >= 11 is 5.61. The molecule has 5 rings (SSSR count). The normalized spacial score (nSPS) is 18.6. The van der Waals surface area contributed by atoms with E-state index in [0.29, 0.717) is 38.0 Å². The van der Waals surface area contributed by atoms with Gasteiger partial charge in [0.1, 0.15) is 11.0 Å². The minimum atomic E-state index is -1.05. The molecule has 38 heavy (non-hydrogen) atoms. The standard InChI is InChI=1S/C22H32N4O3S.C7H7Cl/c1-30(29)26(15-16-6-7-16)20-5-3-2-4-19(20)17-8-10-25(11-9-17)21(27)14-24-22(28)18-12-23-13-18;1-6-2-4-7(8)5-3-6/h2-5,16-18,23H,6-15H2,1H3,(H,24,28);2-5H,1H3. The Labute approximate surface area is 233 Å². The van der Waals surface area contributed by atoms with Gasteiger partial charge in [-0.15, -0.1) is 0 Å². The Morgan fingerprint density at radius 1 is 1.05 bits per heavy atom. The summed E-state index contributed by atoms with van der Waals surface area (Å²) in [4.78, 5) is 26.3. The molecule has 1 unspecified atom stereocenters. The number of hydrogen-bond acceptors (Lipinski definition) is 4. The molecule has 2 aromatic carbocycles. The fourth-order valence-corrected chi connectivity index (χ4v) is 5.79. The van der Waals surface area contributed by atoms with E-state index in [9.17, 15) is 13.8 Å². The van der Waals surface area contributed by atoms with Crippen molar-refractivity contribution >= 4 is 40.1 Å². The Balaban J connectivity index is 0.000000360. The summed E-state index contributed by atoms with van der Waals surface area (Å²) in [6, 6.07) is 16.1. The molecule has 7 nitrogen and oxygen atoms in total. The molecule has 1 atom stereocenters. The van der Waals surface area contributed by atoms with Crippen LogP contribution in [0.1, 0.15) is 42.7 Å². The molecule has 2 aliphatic heterocycles. The van der Waals surface area contributed by atoms with Crippen LogP contribution in [0.5, 0.6) is 0 Å². The molecule has 3 fully saturated rings. The van der Waals surface area contributed by atoms with Crippen LogP contribution in [0.25, 0.3) is 0 Å². The quantitative estimate of drug-likeness (QED) is 0.515. The van der Waals surface area contributed by atoms with Crippen molar-refractivity contribution in [2.45, 2.75) is 38.5 Å². The zero-order chi connectivity index (χ0) is 27.1. The van der Waals surface area contributed by atoms with Crippen molar-refractivity contribution in [2.24, 2.45) is 11.8 Å². The van der Waals surface area contributed by atoms with E-state index in [1.807, 2.05) is 42.2 Å². The number of benzene rings is 2. The molecule has 0 radical (unpaired) electrons. The summed E-state index contributed by atoms with van der Waals surface area (Å²) in [6.45, 7) is 5.76. The van der Waals surface area contributed by atoms with E-state index in [4.69, 9.17) is 11.6 Å². The molecule has 2 N–H and O–H groups in total. The molecule has 1 aliphatic carbocycles. The Bertz CT molecular complexity index is 1090. The summed E-state index contributed by atoms with van der Waals surface area (Å²) in [5.74, 6) is 0.975. The summed E-state index contributed by atoms with van der Waals surface area (Å²) in [7, 11) is -1.05. The zero-order valence-corrected chi connectivity index (χ0v) is 23.9. The first kappa shape index (κ1) is 28.6. The molecule has 2 heterocycles. The third kappa shape index (κ3) is 8.04. The molecule has 206 valence electrons. The first-order valence-electron chi connectivity index (χ1n) is 13.5. The van der Waals surface area contributed by atoms with E-state index in [1.165, 1.54) is 24.0 Å². The van der Waals surface area contributed by atoms with Crippen molar-refractivity contribution in [3.05, 3.63) is 64.7 Å². The highest BCUT2D eigenvalue weighted by Crippen LogP contribution is 2.38. The van der Waals surface area contributed by atoms with Crippen molar-refractivity contribution in [3.63, 3.8) is 0 Å². The number of likely N-dealkylation sites (tertiary alicyclic amines) is 1. The molecule has 2 amide bonds. The van der Waals surface area contributed by atoms with E-state index >= 15 is 0 Å². The van der Waals surface area contributed by atoms with Crippen LogP contribution in [0.3, 0.4) is 0 Å². The Hall–Kier alpha value is -2.42. The number of hydrogen-bond donors (Lipinski definition) is 2. The Morgan fingerprint density at radius 3 is 2.26 bits per heavy atom. The van der Waals surface area contributed by atoms with Crippen LogP contribution in [-0.2, 0) is 20.6 Å². The molecule has 3 aliphatic rings. The highest BCUT2D eigenvalue weighted by Gasteiger charge is 2.31. The van der Waals surface area contributed by atoms with Crippen LogP contribution >= 0.6 is 11.6 Å². The van der Waals surface area contributed by atoms with Crippen LogP contribution in [0.15, 0.2) is 48.5 Å². The van der Waals surface area contributed by atoms with E-state index in [0.717, 1.165) is 30.1 Å². The van der Waals surface area contributed by atoms with Crippen molar-refractivity contribution < 1.29 is 13.8 Å². The van der Waals surface area contributed by atoms with Gasteiger partial charge in [0.15, 0.2) is 0 Å². The number of aryl methyl sites for hydroxylation is 1. The fraction of sp³-hybridized carbons (Fsp3) is 0.517. The topological polar surface area (TPSA) is 81.8 Å². The smallest absolute Gasteiger partial charge is 0.241 e. The van der Waals surface area contributed by atoms with Gasteiger partial charge in [0.2, 0.25) is 11.8 Å². The molecule has 0 bridgehead atoms. The van der Waals surface area contributed by atoms with Gasteiger partial charge in [-0.05, 0) is 68.2 Å². The molecule has 9 heteroatoms. The lowest BCUT2D eigenvalue weighted by molar-refractivity contribution is -0.135. The van der Waals surface area contributed by atoms with Crippen molar-refractivity contribution in [3.8, 4) is 0 Å². The monoisotopic (exact) mass is 558 g/mol. The van der Waals surface area contributed by atoms with Crippen LogP contribution in [0, 0.1) is 18.8 Å². The number of halogens is 1. The van der Waals surface area contributed by atoms with Gasteiger partial charge in [0.05, 0.1) is 18.2 Å². The number of para-hydroxylation sites is 1. The minimum absolute atomic E-state index is 0.00254. The number of carbonyl (C=O) groups is 2. The second-order valence-electron chi connectivity index (χ2n) is 10.5. The third-order valence-electron chi connectivity index (χ3n) is 7.50. The number of amides is 2. The lowest BCUT2D eigenvalue weighted by Gasteiger charge is -2.35. The second kappa shape index (κ2) is 13.6. The van der Waals surface area contributed by atoms with Gasteiger partial charge in [-0.2, -0.15) is 0 Å². The lowest BCUT2D eigenvalue weighted by atomic mass is 9.88. The van der Waals surface area contributed by atoms with E-state index in [-0.39, 0.29) is 24.3 Å². The fourth-order valence-electron chi connectivity index (χ4n) is 4.80. The van der Waals surface area contributed by atoms with Crippen LogP contribution in [0.4, 0.5) is 5.69 Å². The first-order chi connectivity index (χ1) is 18.3. The number of rotatable bonds is 8. The Kier molecular flexibility index (Phi) is 10.2. The second-order valence-corrected chi connectivity index (χ2v) is 12.2. The lowest BCUT2D eigenvalue weighted by Crippen LogP contribution is -2.52. The first-order valence-corrected chi connectivity index (χ1v) is 15.4. The van der Waals surface area contributed by atoms with E-state index in [1.54, 1.807) is 6.26 Å². The third-order valence-corrected chi connectivity index (χ3v) is 8.72. The zero-order valence-electron chi connectivity index (χ0n) is 22.3. The minimum Gasteiger partial charge on any atom is -0.347 e. The molecule has 2 aromatic rings. The summed E-state index contributed by atoms with van der Waals surface area (Å²) in [6.07, 6.45) is 5.98. The number of piperidine rings is 1. The van der Waals surface area contributed by atoms with Gasteiger partial charge in [0.25, 0.3) is 0 Å². The van der Waals surface area contributed by atoms with Gasteiger partial charge in [-0.25, -0.2) is 4.21 Å². The van der Waals surface area contributed by atoms with Gasteiger partial charge >= 0.3 is 0 Å². The maximum Gasteiger partial charge on any atom is 0.241 e. The van der Waals surface area contributed by atoms with Gasteiger partial charge in [-0.3, -0.25) is 13.9 Å². The largest absolute Gasteiger partial charge is 0.347 e. The van der Waals surface area contributed by atoms with Crippen LogP contribution < -0.4 is 14.9 Å². The highest BCUT2D eigenvalue weighted by atomic mass is 35.5. The number of nitrogens with zero attached hydrogens (tertiary/aromatic N) is 2. The maximum atomic E-state index is 12.5. The van der Waals surface area contributed by atoms with Crippen molar-refractivity contribution in [2.75, 3.05) is 49.8 Å². The highest BCUT2D eigenvalue weighted by molar-refractivity contribution is 7.85. The SMILES string of the molecule is CS(=O)N(CC1CC1)c1ccccc1C1CCN(C(=O)CNC(=O)C2CNC2)CC1.Cc1ccc(Cl)cc1. The van der Waals surface area contributed by atoms with Crippen molar-refractivity contribution in [1.29, 1.82) is 0 Å². The average Bonchev–Trinajstić information content (AvgIpc) is 3.71. The summed E-state index contributed by atoms with van der Waals surface area (Å²) in [5.41, 5.74) is 3.57. The molecule has 2 saturated heterocycles. The number of carbonyl (C=O) groups excluding carboxylic acids is 2. The van der Waals surface area contributed by atoms with Crippen LogP contribution in [-0.4, -0.2) is 66.4 Å². The Morgan fingerprint density at radius 2 is 1.71 bits per heavy atom. The van der Waals surface area contributed by atoms with Crippen LogP contribution in [0.2, 0.25) is 5.02 Å². The molecule has 1 saturated carbocycles. The molecular weight excluding hydrogens is 520 g/mol. The number of anilines is 1.